The van der Waals surface area contributed by atoms with Crippen molar-refractivity contribution in [3.8, 4) is 0 Å². The lowest BCUT2D eigenvalue weighted by atomic mass is 9.98. The minimum absolute atomic E-state index is 0.431. The van der Waals surface area contributed by atoms with Gasteiger partial charge in [-0.1, -0.05) is 33.1 Å². The number of hydrogen-bond acceptors (Lipinski definition) is 0. The Balaban J connectivity index is 2.10. The van der Waals surface area contributed by atoms with Crippen LogP contribution < -0.4 is 0 Å². The van der Waals surface area contributed by atoms with E-state index < -0.39 is 0 Å². The molecule has 0 nitrogen and oxygen atoms in total. The molecule has 0 radical (unpaired) electrons. The normalized spacial score (nSPS) is 23.2. The van der Waals surface area contributed by atoms with Crippen LogP contribution in [-0.4, -0.2) is 5.38 Å². The zero-order chi connectivity index (χ0) is 8.27. The molecule has 1 aliphatic carbocycles. The maximum atomic E-state index is 6.20. The van der Waals surface area contributed by atoms with Crippen LogP contribution in [0.1, 0.15) is 46.0 Å². The van der Waals surface area contributed by atoms with E-state index in [1.165, 1.54) is 32.1 Å². The third-order valence-electron chi connectivity index (χ3n) is 2.58. The van der Waals surface area contributed by atoms with Crippen molar-refractivity contribution in [2.24, 2.45) is 11.8 Å². The van der Waals surface area contributed by atoms with Crippen LogP contribution in [0.15, 0.2) is 0 Å². The van der Waals surface area contributed by atoms with Crippen LogP contribution in [0.4, 0.5) is 0 Å². The van der Waals surface area contributed by atoms with Crippen LogP contribution in [0.2, 0.25) is 0 Å². The van der Waals surface area contributed by atoms with Crippen molar-refractivity contribution in [3.05, 3.63) is 0 Å². The van der Waals surface area contributed by atoms with Crippen molar-refractivity contribution in [3.63, 3.8) is 0 Å². The van der Waals surface area contributed by atoms with E-state index in [9.17, 15) is 0 Å². The van der Waals surface area contributed by atoms with Gasteiger partial charge in [-0.3, -0.25) is 0 Å². The molecular weight excluding hydrogens is 156 g/mol. The Bertz CT molecular complexity index is 107. The van der Waals surface area contributed by atoms with Crippen LogP contribution >= 0.6 is 11.6 Å². The first-order valence-corrected chi connectivity index (χ1v) is 5.31. The molecule has 66 valence electrons. The zero-order valence-corrected chi connectivity index (χ0v) is 8.40. The van der Waals surface area contributed by atoms with E-state index in [1.54, 1.807) is 0 Å². The van der Waals surface area contributed by atoms with Crippen LogP contribution in [-0.2, 0) is 0 Å². The van der Waals surface area contributed by atoms with Crippen LogP contribution in [0.5, 0.6) is 0 Å². The first kappa shape index (κ1) is 9.38. The fourth-order valence-electron chi connectivity index (χ4n) is 1.59. The summed E-state index contributed by atoms with van der Waals surface area (Å²) in [4.78, 5) is 0. The van der Waals surface area contributed by atoms with Crippen molar-refractivity contribution in [2.75, 3.05) is 0 Å². The third kappa shape index (κ3) is 3.46. The molecular formula is C10H19Cl. The lowest BCUT2D eigenvalue weighted by molar-refractivity contribution is 0.453. The molecule has 0 heterocycles. The minimum atomic E-state index is 0.431. The summed E-state index contributed by atoms with van der Waals surface area (Å²) in [6.07, 6.45) is 6.70. The number of halogens is 1. The highest BCUT2D eigenvalue weighted by Crippen LogP contribution is 2.37. The molecule has 1 saturated carbocycles. The summed E-state index contributed by atoms with van der Waals surface area (Å²) in [5, 5.41) is 0.431. The molecule has 1 aliphatic rings. The van der Waals surface area contributed by atoms with Gasteiger partial charge in [0.1, 0.15) is 0 Å². The van der Waals surface area contributed by atoms with E-state index in [1.807, 2.05) is 0 Å². The second-order valence-electron chi connectivity index (χ2n) is 3.96. The Labute approximate surface area is 75.3 Å². The topological polar surface area (TPSA) is 0 Å². The number of alkyl halides is 1. The third-order valence-corrected chi connectivity index (χ3v) is 3.23. The van der Waals surface area contributed by atoms with E-state index in [4.69, 9.17) is 11.6 Å². The summed E-state index contributed by atoms with van der Waals surface area (Å²) in [5.41, 5.74) is 0. The van der Waals surface area contributed by atoms with Crippen LogP contribution in [0.3, 0.4) is 0 Å². The highest BCUT2D eigenvalue weighted by atomic mass is 35.5. The van der Waals surface area contributed by atoms with Gasteiger partial charge in [0.05, 0.1) is 0 Å². The Morgan fingerprint density at radius 1 is 1.45 bits per heavy atom. The van der Waals surface area contributed by atoms with Gasteiger partial charge in [0, 0.05) is 5.38 Å². The molecule has 0 aromatic heterocycles. The molecule has 1 heteroatoms. The molecule has 0 amide bonds. The summed E-state index contributed by atoms with van der Waals surface area (Å²) < 4.78 is 0. The zero-order valence-electron chi connectivity index (χ0n) is 7.65. The predicted molar refractivity (Wildman–Crippen MR) is 51.1 cm³/mol. The lowest BCUT2D eigenvalue weighted by Gasteiger charge is -2.16. The van der Waals surface area contributed by atoms with Gasteiger partial charge in [-0.2, -0.15) is 0 Å². The van der Waals surface area contributed by atoms with E-state index in [-0.39, 0.29) is 0 Å². The minimum Gasteiger partial charge on any atom is -0.123 e. The maximum Gasteiger partial charge on any atom is 0.0361 e. The van der Waals surface area contributed by atoms with Crippen molar-refractivity contribution >= 4 is 11.6 Å². The van der Waals surface area contributed by atoms with E-state index in [2.05, 4.69) is 13.8 Å². The first-order chi connectivity index (χ1) is 5.24. The van der Waals surface area contributed by atoms with Crippen molar-refractivity contribution < 1.29 is 0 Å². The van der Waals surface area contributed by atoms with Gasteiger partial charge in [-0.15, -0.1) is 11.6 Å². The maximum absolute atomic E-state index is 6.20. The van der Waals surface area contributed by atoms with Crippen LogP contribution in [0.25, 0.3) is 0 Å². The summed E-state index contributed by atoms with van der Waals surface area (Å²) in [6.45, 7) is 4.50. The summed E-state index contributed by atoms with van der Waals surface area (Å²) in [5.74, 6) is 1.77. The molecule has 1 fully saturated rings. The van der Waals surface area contributed by atoms with E-state index >= 15 is 0 Å². The first-order valence-electron chi connectivity index (χ1n) is 4.88. The molecule has 2 unspecified atom stereocenters. The Hall–Kier alpha value is 0.290. The molecule has 11 heavy (non-hydrogen) atoms. The van der Waals surface area contributed by atoms with Gasteiger partial charge < -0.3 is 0 Å². The van der Waals surface area contributed by atoms with Crippen molar-refractivity contribution in [2.45, 2.75) is 51.3 Å². The summed E-state index contributed by atoms with van der Waals surface area (Å²) in [6, 6.07) is 0. The molecule has 0 aromatic carbocycles. The lowest BCUT2D eigenvalue weighted by Crippen LogP contribution is -2.11. The largest absolute Gasteiger partial charge is 0.123 e. The molecule has 2 atom stereocenters. The van der Waals surface area contributed by atoms with E-state index in [0.717, 1.165) is 11.8 Å². The standard InChI is InChI=1S/C10H19Cl/c1-3-4-10(11)8(2)7-9-5-6-9/h8-10H,3-7H2,1-2H3. The Morgan fingerprint density at radius 3 is 2.55 bits per heavy atom. The monoisotopic (exact) mass is 174 g/mol. The average molecular weight is 175 g/mol. The Kier molecular flexibility index (Phi) is 3.71. The number of hydrogen-bond donors (Lipinski definition) is 0. The second-order valence-corrected chi connectivity index (χ2v) is 4.52. The predicted octanol–water partition coefficient (Wildman–Crippen LogP) is 3.83. The van der Waals surface area contributed by atoms with Crippen molar-refractivity contribution in [1.29, 1.82) is 0 Å². The SMILES string of the molecule is CCCC(Cl)C(C)CC1CC1. The van der Waals surface area contributed by atoms with Gasteiger partial charge >= 0.3 is 0 Å². The number of rotatable bonds is 5. The average Bonchev–Trinajstić information content (AvgIpc) is 2.72. The molecule has 0 aromatic rings. The molecule has 0 N–H and O–H groups in total. The van der Waals surface area contributed by atoms with Gasteiger partial charge in [-0.05, 0) is 24.7 Å². The fourth-order valence-corrected chi connectivity index (χ4v) is 1.91. The Morgan fingerprint density at radius 2 is 2.09 bits per heavy atom. The molecule has 1 rings (SSSR count). The van der Waals surface area contributed by atoms with Gasteiger partial charge in [-0.25, -0.2) is 0 Å². The molecule has 0 saturated heterocycles. The summed E-state index contributed by atoms with van der Waals surface area (Å²) >= 11 is 6.20. The van der Waals surface area contributed by atoms with E-state index in [0.29, 0.717) is 5.38 Å². The fraction of sp³-hybridized carbons (Fsp3) is 1.00. The van der Waals surface area contributed by atoms with Crippen LogP contribution in [0, 0.1) is 11.8 Å². The van der Waals surface area contributed by atoms with Gasteiger partial charge in [0.2, 0.25) is 0 Å². The molecule has 0 aliphatic heterocycles. The second kappa shape index (κ2) is 4.35. The smallest absolute Gasteiger partial charge is 0.0361 e. The van der Waals surface area contributed by atoms with Crippen molar-refractivity contribution in [1.82, 2.24) is 0 Å². The van der Waals surface area contributed by atoms with Gasteiger partial charge in [0.15, 0.2) is 0 Å². The van der Waals surface area contributed by atoms with Gasteiger partial charge in [0.25, 0.3) is 0 Å². The highest BCUT2D eigenvalue weighted by molar-refractivity contribution is 6.20. The summed E-state index contributed by atoms with van der Waals surface area (Å²) in [7, 11) is 0. The highest BCUT2D eigenvalue weighted by Gasteiger charge is 2.26. The molecule has 0 spiro atoms. The quantitative estimate of drug-likeness (QED) is 0.556. The molecule has 0 bridgehead atoms.